The fourth-order valence-corrected chi connectivity index (χ4v) is 2.27. The molecule has 1 aliphatic rings. The first-order chi connectivity index (χ1) is 8.78. The smallest absolute Gasteiger partial charge is 0.216 e. The number of β-amino-alcohol motifs (C(OH)–C–C–N with tert-alkyl or cyclic N) is 1. The number of nitrogens with zero attached hydrogens (tertiary/aromatic N) is 4. The summed E-state index contributed by atoms with van der Waals surface area (Å²) in [5.41, 5.74) is 0. The molecule has 6 nitrogen and oxygen atoms in total. The second-order valence-corrected chi connectivity index (χ2v) is 4.73. The Hall–Kier alpha value is -0.980. The highest BCUT2D eigenvalue weighted by molar-refractivity contribution is 4.80. The lowest BCUT2D eigenvalue weighted by Crippen LogP contribution is -2.47. The predicted octanol–water partition coefficient (Wildman–Crippen LogP) is -0.0795. The van der Waals surface area contributed by atoms with Crippen LogP contribution in [0.3, 0.4) is 0 Å². The third kappa shape index (κ3) is 4.04. The molecule has 1 N–H and O–H groups in total. The molecule has 1 aliphatic heterocycles. The molecule has 102 valence electrons. The molecule has 1 fully saturated rings. The highest BCUT2D eigenvalue weighted by Gasteiger charge is 2.15. The first-order valence-corrected chi connectivity index (χ1v) is 6.62. The fraction of sp³-hybridized carbons (Fsp3) is 0.833. The maximum Gasteiger partial charge on any atom is 0.216 e. The van der Waals surface area contributed by atoms with Gasteiger partial charge in [0.05, 0.1) is 6.61 Å². The van der Waals surface area contributed by atoms with Crippen molar-refractivity contribution in [2.75, 3.05) is 45.9 Å². The lowest BCUT2D eigenvalue weighted by atomic mass is 10.2. The van der Waals surface area contributed by atoms with Crippen molar-refractivity contribution in [1.29, 1.82) is 0 Å². The summed E-state index contributed by atoms with van der Waals surface area (Å²) in [5.74, 6) is 1.38. The molecule has 2 rings (SSSR count). The number of aromatic nitrogens is 2. The lowest BCUT2D eigenvalue weighted by molar-refractivity contribution is 0.111. The largest absolute Gasteiger partial charge is 0.426 e. The van der Waals surface area contributed by atoms with Gasteiger partial charge in [-0.3, -0.25) is 4.90 Å². The number of rotatable bonds is 6. The second kappa shape index (κ2) is 6.82. The van der Waals surface area contributed by atoms with Gasteiger partial charge >= 0.3 is 0 Å². The summed E-state index contributed by atoms with van der Waals surface area (Å²) in [6.45, 7) is 8.24. The van der Waals surface area contributed by atoms with Gasteiger partial charge in [0.15, 0.2) is 0 Å². The maximum atomic E-state index is 8.88. The van der Waals surface area contributed by atoms with Crippen LogP contribution in [0.5, 0.6) is 0 Å². The minimum Gasteiger partial charge on any atom is -0.426 e. The van der Waals surface area contributed by atoms with Crippen molar-refractivity contribution in [3.63, 3.8) is 0 Å². The van der Waals surface area contributed by atoms with E-state index in [2.05, 4.69) is 20.0 Å². The summed E-state index contributed by atoms with van der Waals surface area (Å²) < 4.78 is 5.35. The van der Waals surface area contributed by atoms with Crippen LogP contribution in [0.4, 0.5) is 0 Å². The number of hydrogen-bond donors (Lipinski definition) is 1. The van der Waals surface area contributed by atoms with Crippen LogP contribution in [0.1, 0.15) is 18.2 Å². The number of aliphatic hydroxyl groups is 1. The molecule has 0 amide bonds. The van der Waals surface area contributed by atoms with Gasteiger partial charge in [-0.15, -0.1) is 10.2 Å². The van der Waals surface area contributed by atoms with E-state index in [1.807, 2.05) is 6.92 Å². The van der Waals surface area contributed by atoms with Crippen molar-refractivity contribution in [3.05, 3.63) is 11.8 Å². The molecule has 0 spiro atoms. The van der Waals surface area contributed by atoms with Crippen LogP contribution < -0.4 is 0 Å². The lowest BCUT2D eigenvalue weighted by Gasteiger charge is -2.34. The second-order valence-electron chi connectivity index (χ2n) is 4.73. The van der Waals surface area contributed by atoms with E-state index in [1.54, 1.807) is 0 Å². The van der Waals surface area contributed by atoms with E-state index in [9.17, 15) is 0 Å². The quantitative estimate of drug-likeness (QED) is 0.766. The zero-order chi connectivity index (χ0) is 12.8. The molecule has 0 saturated carbocycles. The van der Waals surface area contributed by atoms with E-state index in [0.29, 0.717) is 5.89 Å². The summed E-state index contributed by atoms with van der Waals surface area (Å²) >= 11 is 0. The van der Waals surface area contributed by atoms with Crippen LogP contribution >= 0.6 is 0 Å². The minimum atomic E-state index is 0.260. The van der Waals surface area contributed by atoms with Gasteiger partial charge in [-0.25, -0.2) is 0 Å². The van der Waals surface area contributed by atoms with E-state index in [0.717, 1.165) is 58.0 Å². The predicted molar refractivity (Wildman–Crippen MR) is 67.3 cm³/mol. The zero-order valence-electron chi connectivity index (χ0n) is 11.0. The molecule has 0 aromatic carbocycles. The van der Waals surface area contributed by atoms with Crippen LogP contribution in [0.25, 0.3) is 0 Å². The summed E-state index contributed by atoms with van der Waals surface area (Å²) in [6, 6.07) is 0. The Morgan fingerprint density at radius 3 is 2.33 bits per heavy atom. The number of aryl methyl sites for hydroxylation is 2. The summed E-state index contributed by atoms with van der Waals surface area (Å²) in [5, 5.41) is 16.7. The fourth-order valence-electron chi connectivity index (χ4n) is 2.27. The van der Waals surface area contributed by atoms with Gasteiger partial charge in [-0.05, 0) is 13.0 Å². The SMILES string of the molecule is Cc1nnc(CCCN2CCN(CCO)CC2)o1. The van der Waals surface area contributed by atoms with Gasteiger partial charge < -0.3 is 14.4 Å². The molecular formula is C12H22N4O2. The third-order valence-corrected chi connectivity index (χ3v) is 3.31. The third-order valence-electron chi connectivity index (χ3n) is 3.31. The molecule has 0 aliphatic carbocycles. The van der Waals surface area contributed by atoms with E-state index >= 15 is 0 Å². The van der Waals surface area contributed by atoms with Gasteiger partial charge in [0.1, 0.15) is 0 Å². The standard InChI is InChI=1S/C12H22N4O2/c1-11-13-14-12(18-11)3-2-4-15-5-7-16(8-6-15)9-10-17/h17H,2-10H2,1H3. The van der Waals surface area contributed by atoms with Gasteiger partial charge in [0, 0.05) is 46.1 Å². The molecule has 0 atom stereocenters. The number of piperazine rings is 1. The highest BCUT2D eigenvalue weighted by atomic mass is 16.4. The summed E-state index contributed by atoms with van der Waals surface area (Å²) in [7, 11) is 0. The number of hydrogen-bond acceptors (Lipinski definition) is 6. The molecule has 1 aromatic rings. The first-order valence-electron chi connectivity index (χ1n) is 6.62. The molecule has 1 aromatic heterocycles. The van der Waals surface area contributed by atoms with E-state index in [1.165, 1.54) is 0 Å². The summed E-state index contributed by atoms with van der Waals surface area (Å²) in [4.78, 5) is 4.76. The molecular weight excluding hydrogens is 232 g/mol. The Kier molecular flexibility index (Phi) is 5.10. The van der Waals surface area contributed by atoms with E-state index < -0.39 is 0 Å². The molecule has 18 heavy (non-hydrogen) atoms. The molecule has 1 saturated heterocycles. The van der Waals surface area contributed by atoms with E-state index in [4.69, 9.17) is 9.52 Å². The van der Waals surface area contributed by atoms with Crippen molar-refractivity contribution in [3.8, 4) is 0 Å². The molecule has 0 bridgehead atoms. The Bertz CT molecular complexity index is 348. The Morgan fingerprint density at radius 1 is 1.11 bits per heavy atom. The van der Waals surface area contributed by atoms with Gasteiger partial charge in [0.25, 0.3) is 0 Å². The molecule has 6 heteroatoms. The molecule has 0 radical (unpaired) electrons. The van der Waals surface area contributed by atoms with Gasteiger partial charge in [-0.1, -0.05) is 0 Å². The van der Waals surface area contributed by atoms with Gasteiger partial charge in [0.2, 0.25) is 11.8 Å². The average molecular weight is 254 g/mol. The normalized spacial score (nSPS) is 18.3. The Morgan fingerprint density at radius 2 is 1.78 bits per heavy atom. The number of aliphatic hydroxyl groups excluding tert-OH is 1. The topological polar surface area (TPSA) is 65.6 Å². The van der Waals surface area contributed by atoms with Crippen LogP contribution in [0.15, 0.2) is 4.42 Å². The summed E-state index contributed by atoms with van der Waals surface area (Å²) in [6.07, 6.45) is 1.92. The van der Waals surface area contributed by atoms with Crippen LogP contribution in [0.2, 0.25) is 0 Å². The maximum absolute atomic E-state index is 8.88. The Labute approximate surface area is 108 Å². The average Bonchev–Trinajstić information content (AvgIpc) is 2.78. The van der Waals surface area contributed by atoms with Crippen molar-refractivity contribution in [1.82, 2.24) is 20.0 Å². The first kappa shape index (κ1) is 13.5. The minimum absolute atomic E-state index is 0.260. The van der Waals surface area contributed by atoms with Crippen molar-refractivity contribution in [2.24, 2.45) is 0 Å². The highest BCUT2D eigenvalue weighted by Crippen LogP contribution is 2.05. The van der Waals surface area contributed by atoms with Crippen molar-refractivity contribution in [2.45, 2.75) is 19.8 Å². The van der Waals surface area contributed by atoms with Gasteiger partial charge in [-0.2, -0.15) is 0 Å². The van der Waals surface area contributed by atoms with Crippen LogP contribution in [-0.2, 0) is 6.42 Å². The Balaban J connectivity index is 1.60. The van der Waals surface area contributed by atoms with Crippen molar-refractivity contribution >= 4 is 0 Å². The van der Waals surface area contributed by atoms with Crippen LogP contribution in [-0.4, -0.2) is 71.0 Å². The zero-order valence-corrected chi connectivity index (χ0v) is 11.0. The molecule has 0 unspecified atom stereocenters. The monoisotopic (exact) mass is 254 g/mol. The van der Waals surface area contributed by atoms with E-state index in [-0.39, 0.29) is 6.61 Å². The van der Waals surface area contributed by atoms with Crippen LogP contribution in [0, 0.1) is 6.92 Å². The van der Waals surface area contributed by atoms with Crippen molar-refractivity contribution < 1.29 is 9.52 Å². The molecule has 2 heterocycles.